The molecule has 0 amide bonds. The molecule has 0 radical (unpaired) electrons. The number of carbonyl (C=O) groups is 1. The molecule has 0 spiro atoms. The van der Waals surface area contributed by atoms with E-state index in [-0.39, 0.29) is 5.97 Å². The second-order valence-electron chi connectivity index (χ2n) is 3.81. The van der Waals surface area contributed by atoms with Gasteiger partial charge in [-0.25, -0.2) is 0 Å². The first-order valence-corrected chi connectivity index (χ1v) is 5.51. The predicted molar refractivity (Wildman–Crippen MR) is 54.1 cm³/mol. The zero-order valence-corrected chi connectivity index (χ0v) is 8.96. The van der Waals surface area contributed by atoms with Crippen LogP contribution in [-0.2, 0) is 14.3 Å². The molecule has 3 heteroatoms. The Kier molecular flexibility index (Phi) is 5.60. The fraction of sp³-hybridized carbons (Fsp3) is 0.909. The molecule has 1 aliphatic rings. The maximum atomic E-state index is 10.8. The molecule has 1 fully saturated rings. The minimum Gasteiger partial charge on any atom is -0.469 e. The molecule has 14 heavy (non-hydrogen) atoms. The molecule has 3 nitrogen and oxygen atoms in total. The van der Waals surface area contributed by atoms with Gasteiger partial charge in [-0.05, 0) is 19.3 Å². The monoisotopic (exact) mass is 200 g/mol. The Morgan fingerprint density at radius 3 is 2.64 bits per heavy atom. The van der Waals surface area contributed by atoms with Crippen LogP contribution >= 0.6 is 0 Å². The standard InChI is InChI=1S/C11H20O3/c1-13-11(12)8-5-9-14-10-6-3-2-4-7-10/h10H,2-9H2,1H3. The van der Waals surface area contributed by atoms with Crippen molar-refractivity contribution in [2.75, 3.05) is 13.7 Å². The Balaban J connectivity index is 1.94. The molecular formula is C11H20O3. The lowest BCUT2D eigenvalue weighted by atomic mass is 9.98. The highest BCUT2D eigenvalue weighted by Crippen LogP contribution is 2.20. The molecule has 1 saturated carbocycles. The van der Waals surface area contributed by atoms with Gasteiger partial charge >= 0.3 is 5.97 Å². The van der Waals surface area contributed by atoms with Crippen LogP contribution in [0.15, 0.2) is 0 Å². The fourth-order valence-electron chi connectivity index (χ4n) is 1.80. The summed E-state index contributed by atoms with van der Waals surface area (Å²) in [6.07, 6.45) is 8.02. The van der Waals surface area contributed by atoms with E-state index in [0.717, 1.165) is 6.42 Å². The van der Waals surface area contributed by atoms with E-state index in [9.17, 15) is 4.79 Å². The minimum atomic E-state index is -0.141. The summed E-state index contributed by atoms with van der Waals surface area (Å²) in [5, 5.41) is 0. The second kappa shape index (κ2) is 6.82. The number of carbonyl (C=O) groups excluding carboxylic acids is 1. The maximum absolute atomic E-state index is 10.8. The Bertz CT molecular complexity index is 162. The summed E-state index contributed by atoms with van der Waals surface area (Å²) >= 11 is 0. The Morgan fingerprint density at radius 2 is 2.00 bits per heavy atom. The van der Waals surface area contributed by atoms with Crippen LogP contribution in [0.25, 0.3) is 0 Å². The van der Waals surface area contributed by atoms with Gasteiger partial charge in [-0.2, -0.15) is 0 Å². The van der Waals surface area contributed by atoms with Crippen LogP contribution in [0.5, 0.6) is 0 Å². The summed E-state index contributed by atoms with van der Waals surface area (Å²) in [5.74, 6) is -0.141. The van der Waals surface area contributed by atoms with Crippen molar-refractivity contribution in [1.29, 1.82) is 0 Å². The third kappa shape index (κ3) is 4.61. The van der Waals surface area contributed by atoms with Gasteiger partial charge in [0.25, 0.3) is 0 Å². The molecule has 0 heterocycles. The van der Waals surface area contributed by atoms with Gasteiger partial charge in [-0.1, -0.05) is 19.3 Å². The highest BCUT2D eigenvalue weighted by Gasteiger charge is 2.13. The first-order valence-electron chi connectivity index (χ1n) is 5.51. The summed E-state index contributed by atoms with van der Waals surface area (Å²) in [6, 6.07) is 0. The van der Waals surface area contributed by atoms with Crippen LogP contribution in [0.1, 0.15) is 44.9 Å². The SMILES string of the molecule is COC(=O)CCCOC1CCCCC1. The molecule has 0 saturated heterocycles. The van der Waals surface area contributed by atoms with Gasteiger partial charge in [0.15, 0.2) is 0 Å². The molecule has 1 rings (SSSR count). The van der Waals surface area contributed by atoms with Gasteiger partial charge in [-0.15, -0.1) is 0 Å². The van der Waals surface area contributed by atoms with E-state index in [4.69, 9.17) is 4.74 Å². The summed E-state index contributed by atoms with van der Waals surface area (Å²) < 4.78 is 10.2. The van der Waals surface area contributed by atoms with Crippen LogP contribution in [0.2, 0.25) is 0 Å². The number of methoxy groups -OCH3 is 1. The topological polar surface area (TPSA) is 35.5 Å². The highest BCUT2D eigenvalue weighted by molar-refractivity contribution is 5.68. The Hall–Kier alpha value is -0.570. The summed E-state index contributed by atoms with van der Waals surface area (Å²) in [5.41, 5.74) is 0. The molecule has 1 aliphatic carbocycles. The van der Waals surface area contributed by atoms with Gasteiger partial charge in [0.1, 0.15) is 0 Å². The van der Waals surface area contributed by atoms with Crippen LogP contribution in [0.4, 0.5) is 0 Å². The first-order chi connectivity index (χ1) is 6.83. The van der Waals surface area contributed by atoms with Gasteiger partial charge in [0.05, 0.1) is 13.2 Å². The number of esters is 1. The third-order valence-corrected chi connectivity index (χ3v) is 2.66. The Morgan fingerprint density at radius 1 is 1.29 bits per heavy atom. The molecule has 0 N–H and O–H groups in total. The van der Waals surface area contributed by atoms with Gasteiger partial charge in [0, 0.05) is 13.0 Å². The van der Waals surface area contributed by atoms with Gasteiger partial charge < -0.3 is 9.47 Å². The van der Waals surface area contributed by atoms with Crippen molar-refractivity contribution in [1.82, 2.24) is 0 Å². The lowest BCUT2D eigenvalue weighted by molar-refractivity contribution is -0.141. The number of ether oxygens (including phenoxy) is 2. The summed E-state index contributed by atoms with van der Waals surface area (Å²) in [7, 11) is 1.42. The van der Waals surface area contributed by atoms with Gasteiger partial charge in [-0.3, -0.25) is 4.79 Å². The van der Waals surface area contributed by atoms with Crippen molar-refractivity contribution in [3.05, 3.63) is 0 Å². The zero-order valence-electron chi connectivity index (χ0n) is 8.96. The highest BCUT2D eigenvalue weighted by atomic mass is 16.5. The van der Waals surface area contributed by atoms with E-state index in [1.54, 1.807) is 0 Å². The predicted octanol–water partition coefficient (Wildman–Crippen LogP) is 2.29. The molecule has 82 valence electrons. The van der Waals surface area contributed by atoms with Crippen molar-refractivity contribution < 1.29 is 14.3 Å². The lowest BCUT2D eigenvalue weighted by Crippen LogP contribution is -2.17. The summed E-state index contributed by atoms with van der Waals surface area (Å²) in [4.78, 5) is 10.8. The fourth-order valence-corrected chi connectivity index (χ4v) is 1.80. The van der Waals surface area contributed by atoms with Crippen LogP contribution in [-0.4, -0.2) is 25.8 Å². The summed E-state index contributed by atoms with van der Waals surface area (Å²) in [6.45, 7) is 0.694. The Labute approximate surface area is 85.8 Å². The van der Waals surface area contributed by atoms with E-state index in [1.807, 2.05) is 0 Å². The lowest BCUT2D eigenvalue weighted by Gasteiger charge is -2.21. The smallest absolute Gasteiger partial charge is 0.305 e. The van der Waals surface area contributed by atoms with Crippen LogP contribution in [0.3, 0.4) is 0 Å². The van der Waals surface area contributed by atoms with E-state index in [0.29, 0.717) is 19.1 Å². The van der Waals surface area contributed by atoms with Crippen LogP contribution < -0.4 is 0 Å². The molecule has 0 aromatic heterocycles. The van der Waals surface area contributed by atoms with E-state index >= 15 is 0 Å². The first kappa shape index (κ1) is 11.5. The largest absolute Gasteiger partial charge is 0.469 e. The third-order valence-electron chi connectivity index (χ3n) is 2.66. The quantitative estimate of drug-likeness (QED) is 0.504. The molecular weight excluding hydrogens is 180 g/mol. The molecule has 0 aromatic rings. The normalized spacial score (nSPS) is 18.1. The molecule has 0 atom stereocenters. The molecule has 0 aliphatic heterocycles. The van der Waals surface area contributed by atoms with E-state index < -0.39 is 0 Å². The number of rotatable bonds is 5. The van der Waals surface area contributed by atoms with E-state index in [1.165, 1.54) is 39.2 Å². The van der Waals surface area contributed by atoms with E-state index in [2.05, 4.69) is 4.74 Å². The van der Waals surface area contributed by atoms with Crippen LogP contribution in [0, 0.1) is 0 Å². The van der Waals surface area contributed by atoms with Crippen molar-refractivity contribution in [3.63, 3.8) is 0 Å². The van der Waals surface area contributed by atoms with Crippen molar-refractivity contribution in [2.24, 2.45) is 0 Å². The van der Waals surface area contributed by atoms with Crippen molar-refractivity contribution in [3.8, 4) is 0 Å². The second-order valence-corrected chi connectivity index (χ2v) is 3.81. The average molecular weight is 200 g/mol. The number of hydrogen-bond acceptors (Lipinski definition) is 3. The molecule has 0 unspecified atom stereocenters. The number of hydrogen-bond donors (Lipinski definition) is 0. The van der Waals surface area contributed by atoms with Crippen molar-refractivity contribution in [2.45, 2.75) is 51.0 Å². The molecule has 0 bridgehead atoms. The molecule has 0 aromatic carbocycles. The zero-order chi connectivity index (χ0) is 10.2. The average Bonchev–Trinajstić information content (AvgIpc) is 2.25. The van der Waals surface area contributed by atoms with Crippen molar-refractivity contribution >= 4 is 5.97 Å². The van der Waals surface area contributed by atoms with Gasteiger partial charge in [0.2, 0.25) is 0 Å². The minimum absolute atomic E-state index is 0.141. The maximum Gasteiger partial charge on any atom is 0.305 e.